The number of nitriles is 1. The molecular formula is C10H7F2N2O. The molecule has 0 aromatic heterocycles. The average Bonchev–Trinajstić information content (AvgIpc) is 2.14. The molecule has 1 rings (SSSR count). The van der Waals surface area contributed by atoms with E-state index in [-0.39, 0.29) is 12.0 Å². The van der Waals surface area contributed by atoms with Crippen molar-refractivity contribution >= 4 is 5.91 Å². The highest BCUT2D eigenvalue weighted by atomic mass is 19.1. The lowest BCUT2D eigenvalue weighted by Crippen LogP contribution is -2.10. The van der Waals surface area contributed by atoms with Gasteiger partial charge in [-0.1, -0.05) is 0 Å². The molecule has 0 saturated heterocycles. The summed E-state index contributed by atoms with van der Waals surface area (Å²) in [7, 11) is 0. The highest BCUT2D eigenvalue weighted by Crippen LogP contribution is 2.16. The quantitative estimate of drug-likeness (QED) is 0.814. The zero-order valence-electron chi connectivity index (χ0n) is 7.63. The number of primary amides is 1. The molecule has 3 nitrogen and oxygen atoms in total. The number of rotatable bonds is 3. The number of hydrogen-bond acceptors (Lipinski definition) is 2. The van der Waals surface area contributed by atoms with Crippen molar-refractivity contribution in [1.29, 1.82) is 5.26 Å². The molecule has 1 aromatic rings. The van der Waals surface area contributed by atoms with Gasteiger partial charge in [0.1, 0.15) is 23.3 Å². The van der Waals surface area contributed by atoms with E-state index < -0.39 is 23.1 Å². The lowest BCUT2D eigenvalue weighted by atomic mass is 10.1. The number of halogens is 2. The van der Waals surface area contributed by atoms with Gasteiger partial charge in [-0.2, -0.15) is 5.26 Å². The second kappa shape index (κ2) is 4.51. The van der Waals surface area contributed by atoms with Gasteiger partial charge in [-0.25, -0.2) is 8.78 Å². The zero-order valence-corrected chi connectivity index (χ0v) is 7.63. The summed E-state index contributed by atoms with van der Waals surface area (Å²) in [4.78, 5) is 10.4. The van der Waals surface area contributed by atoms with E-state index in [0.29, 0.717) is 0 Å². The Labute approximate surface area is 85.1 Å². The van der Waals surface area contributed by atoms with Crippen LogP contribution in [0.15, 0.2) is 12.1 Å². The van der Waals surface area contributed by atoms with Gasteiger partial charge in [-0.05, 0) is 17.7 Å². The number of carbonyl (C=O) groups excluding carboxylic acids is 1. The summed E-state index contributed by atoms with van der Waals surface area (Å²) >= 11 is 0. The summed E-state index contributed by atoms with van der Waals surface area (Å²) in [6.45, 7) is 0. The molecule has 0 fully saturated rings. The predicted octanol–water partition coefficient (Wildman–Crippen LogP) is 1.26. The van der Waals surface area contributed by atoms with Crippen LogP contribution >= 0.6 is 0 Å². The third-order valence-electron chi connectivity index (χ3n) is 1.72. The summed E-state index contributed by atoms with van der Waals surface area (Å²) in [5, 5.41) is 8.39. The molecule has 2 N–H and O–H groups in total. The van der Waals surface area contributed by atoms with E-state index in [1.165, 1.54) is 12.5 Å². The first-order chi connectivity index (χ1) is 7.04. The molecule has 0 aliphatic heterocycles. The molecule has 77 valence electrons. The first kappa shape index (κ1) is 11.1. The maximum atomic E-state index is 13.0. The van der Waals surface area contributed by atoms with Crippen LogP contribution in [0.4, 0.5) is 8.78 Å². The van der Waals surface area contributed by atoms with Crippen LogP contribution < -0.4 is 5.73 Å². The minimum atomic E-state index is -0.951. The molecule has 0 atom stereocenters. The Morgan fingerprint density at radius 2 is 2.00 bits per heavy atom. The minimum Gasteiger partial charge on any atom is -0.370 e. The molecule has 0 aliphatic rings. The van der Waals surface area contributed by atoms with Crippen LogP contribution in [0.3, 0.4) is 0 Å². The fraction of sp³-hybridized carbons (Fsp3) is 0.100. The van der Waals surface area contributed by atoms with Crippen LogP contribution in [-0.2, 0) is 4.79 Å². The fourth-order valence-electron chi connectivity index (χ4n) is 1.04. The number of hydrogen-bond donors (Lipinski definition) is 1. The number of amides is 1. The molecule has 0 saturated carbocycles. The van der Waals surface area contributed by atoms with Gasteiger partial charge in [-0.15, -0.1) is 0 Å². The molecule has 5 heteroatoms. The van der Waals surface area contributed by atoms with E-state index in [1.54, 1.807) is 0 Å². The first-order valence-corrected chi connectivity index (χ1v) is 4.05. The van der Waals surface area contributed by atoms with Crippen molar-refractivity contribution in [2.45, 2.75) is 6.42 Å². The summed E-state index contributed by atoms with van der Waals surface area (Å²) in [5.41, 5.74) is 4.41. The molecular weight excluding hydrogens is 202 g/mol. The minimum absolute atomic E-state index is 0.106. The van der Waals surface area contributed by atoms with Crippen LogP contribution in [0, 0.1) is 29.4 Å². The van der Waals surface area contributed by atoms with Crippen molar-refractivity contribution in [3.05, 3.63) is 41.3 Å². The molecule has 0 unspecified atom stereocenters. The van der Waals surface area contributed by atoms with Crippen LogP contribution in [0.1, 0.15) is 17.5 Å². The normalized spacial score (nSPS) is 9.67. The van der Waals surface area contributed by atoms with E-state index in [4.69, 9.17) is 11.0 Å². The van der Waals surface area contributed by atoms with E-state index in [0.717, 1.165) is 12.1 Å². The Morgan fingerprint density at radius 3 is 2.40 bits per heavy atom. The van der Waals surface area contributed by atoms with E-state index >= 15 is 0 Å². The Hall–Kier alpha value is -1.96. The van der Waals surface area contributed by atoms with Crippen molar-refractivity contribution < 1.29 is 13.6 Å². The third kappa shape index (κ3) is 2.74. The van der Waals surface area contributed by atoms with Crippen LogP contribution in [0.25, 0.3) is 0 Å². The summed E-state index contributed by atoms with van der Waals surface area (Å²) in [5.74, 6) is -2.50. The predicted molar refractivity (Wildman–Crippen MR) is 48.3 cm³/mol. The van der Waals surface area contributed by atoms with Crippen molar-refractivity contribution in [2.24, 2.45) is 5.73 Å². The molecule has 1 aromatic carbocycles. The average molecular weight is 209 g/mol. The SMILES string of the molecule is N#Cc1c(F)cc([CH]CC(N)=O)cc1F. The van der Waals surface area contributed by atoms with E-state index in [9.17, 15) is 13.6 Å². The summed E-state index contributed by atoms with van der Waals surface area (Å²) in [6.07, 6.45) is 1.18. The van der Waals surface area contributed by atoms with Crippen LogP contribution in [0.2, 0.25) is 0 Å². The van der Waals surface area contributed by atoms with Gasteiger partial charge in [0.15, 0.2) is 0 Å². The van der Waals surface area contributed by atoms with Gasteiger partial charge in [0, 0.05) is 12.8 Å². The summed E-state index contributed by atoms with van der Waals surface area (Å²) < 4.78 is 26.1. The van der Waals surface area contributed by atoms with Crippen molar-refractivity contribution in [1.82, 2.24) is 0 Å². The van der Waals surface area contributed by atoms with Gasteiger partial charge in [0.25, 0.3) is 0 Å². The van der Waals surface area contributed by atoms with Gasteiger partial charge < -0.3 is 5.73 Å². The lowest BCUT2D eigenvalue weighted by Gasteiger charge is -2.01. The summed E-state index contributed by atoms with van der Waals surface area (Å²) in [6, 6.07) is 3.35. The van der Waals surface area contributed by atoms with Gasteiger partial charge >= 0.3 is 0 Å². The zero-order chi connectivity index (χ0) is 11.4. The maximum absolute atomic E-state index is 13.0. The van der Waals surface area contributed by atoms with Gasteiger partial charge in [-0.3, -0.25) is 4.79 Å². The molecule has 15 heavy (non-hydrogen) atoms. The molecule has 1 radical (unpaired) electrons. The van der Waals surface area contributed by atoms with E-state index in [2.05, 4.69) is 0 Å². The monoisotopic (exact) mass is 209 g/mol. The molecule has 1 amide bonds. The largest absolute Gasteiger partial charge is 0.370 e. The Balaban J connectivity index is 2.95. The third-order valence-corrected chi connectivity index (χ3v) is 1.72. The number of nitrogens with zero attached hydrogens (tertiary/aromatic N) is 1. The van der Waals surface area contributed by atoms with Crippen molar-refractivity contribution in [2.75, 3.05) is 0 Å². The Morgan fingerprint density at radius 1 is 1.47 bits per heavy atom. The van der Waals surface area contributed by atoms with Gasteiger partial charge in [0.05, 0.1) is 0 Å². The highest BCUT2D eigenvalue weighted by Gasteiger charge is 2.10. The Bertz CT molecular complexity index is 415. The second-order valence-electron chi connectivity index (χ2n) is 2.85. The molecule has 0 spiro atoms. The number of benzene rings is 1. The maximum Gasteiger partial charge on any atom is 0.218 e. The molecule has 0 bridgehead atoms. The smallest absolute Gasteiger partial charge is 0.218 e. The van der Waals surface area contributed by atoms with Crippen molar-refractivity contribution in [3.8, 4) is 6.07 Å². The molecule has 0 heterocycles. The van der Waals surface area contributed by atoms with Gasteiger partial charge in [0.2, 0.25) is 5.91 Å². The van der Waals surface area contributed by atoms with Crippen molar-refractivity contribution in [3.63, 3.8) is 0 Å². The Kier molecular flexibility index (Phi) is 3.34. The highest BCUT2D eigenvalue weighted by molar-refractivity contribution is 5.75. The van der Waals surface area contributed by atoms with Crippen LogP contribution in [0.5, 0.6) is 0 Å². The fourth-order valence-corrected chi connectivity index (χ4v) is 1.04. The van der Waals surface area contributed by atoms with Crippen LogP contribution in [-0.4, -0.2) is 5.91 Å². The second-order valence-corrected chi connectivity index (χ2v) is 2.85. The lowest BCUT2D eigenvalue weighted by molar-refractivity contribution is -0.117. The van der Waals surface area contributed by atoms with E-state index in [1.807, 2.05) is 0 Å². The molecule has 0 aliphatic carbocycles. The first-order valence-electron chi connectivity index (χ1n) is 4.05. The standard InChI is InChI=1S/C10H7F2N2O/c11-8-3-6(1-2-10(14)15)4-9(12)7(8)5-13/h1,3-4H,2H2,(H2,14,15). The topological polar surface area (TPSA) is 66.9 Å². The number of carbonyl (C=O) groups is 1. The number of nitrogens with two attached hydrogens (primary N) is 1.